The Hall–Kier alpha value is -3.13. The lowest BCUT2D eigenvalue weighted by molar-refractivity contribution is -0.384. The van der Waals surface area contributed by atoms with Crippen molar-refractivity contribution in [2.45, 2.75) is 0 Å². The normalized spacial score (nSPS) is 10.4. The van der Waals surface area contributed by atoms with E-state index in [4.69, 9.17) is 4.74 Å². The minimum atomic E-state index is -0.494. The molecule has 24 heavy (non-hydrogen) atoms. The lowest BCUT2D eigenvalue weighted by atomic mass is 10.2. The fraction of sp³-hybridized carbons (Fsp3) is 0.0625. The number of anilines is 1. The van der Waals surface area contributed by atoms with Gasteiger partial charge in [-0.2, -0.15) is 0 Å². The van der Waals surface area contributed by atoms with Gasteiger partial charge in [-0.05, 0) is 35.7 Å². The van der Waals surface area contributed by atoms with E-state index in [1.165, 1.54) is 23.5 Å². The molecule has 3 aromatic rings. The molecule has 122 valence electrons. The van der Waals surface area contributed by atoms with E-state index in [0.29, 0.717) is 10.6 Å². The molecule has 8 heteroatoms. The summed E-state index contributed by atoms with van der Waals surface area (Å²) in [7, 11) is 1.59. The maximum absolute atomic E-state index is 12.2. The van der Waals surface area contributed by atoms with Gasteiger partial charge < -0.3 is 4.74 Å². The second kappa shape index (κ2) is 6.55. The Kier molecular flexibility index (Phi) is 4.30. The minimum absolute atomic E-state index is 0.0526. The van der Waals surface area contributed by atoms with E-state index in [0.717, 1.165) is 15.8 Å². The van der Waals surface area contributed by atoms with E-state index in [2.05, 4.69) is 10.9 Å². The standard InChI is InChI=1S/C16H13N3O4S/c1-23-13-5-6-14-10(7-13)8-15(24-14)16(20)18-17-11-3-2-4-12(9-11)19(21)22/h2-9,17H,1H3,(H,18,20). The van der Waals surface area contributed by atoms with Crippen molar-refractivity contribution in [2.24, 2.45) is 0 Å². The van der Waals surface area contributed by atoms with Crippen LogP contribution in [0.5, 0.6) is 5.75 Å². The van der Waals surface area contributed by atoms with Gasteiger partial charge in [0.25, 0.3) is 11.6 Å². The van der Waals surface area contributed by atoms with Crippen LogP contribution < -0.4 is 15.6 Å². The molecule has 0 fully saturated rings. The number of hydrazine groups is 1. The molecule has 1 amide bonds. The average molecular weight is 343 g/mol. The quantitative estimate of drug-likeness (QED) is 0.545. The SMILES string of the molecule is COc1ccc2sc(C(=O)NNc3cccc([N+](=O)[O-])c3)cc2c1. The Bertz CT molecular complexity index is 923. The number of carbonyl (C=O) groups excluding carboxylic acids is 1. The number of hydrogen-bond donors (Lipinski definition) is 2. The first-order chi connectivity index (χ1) is 11.6. The van der Waals surface area contributed by atoms with Crippen molar-refractivity contribution >= 4 is 38.7 Å². The van der Waals surface area contributed by atoms with Gasteiger partial charge in [-0.1, -0.05) is 6.07 Å². The highest BCUT2D eigenvalue weighted by molar-refractivity contribution is 7.20. The molecule has 2 aromatic carbocycles. The first-order valence-electron chi connectivity index (χ1n) is 6.95. The zero-order chi connectivity index (χ0) is 17.1. The first kappa shape index (κ1) is 15.8. The maximum Gasteiger partial charge on any atom is 0.279 e. The van der Waals surface area contributed by atoms with Crippen LogP contribution in [0.1, 0.15) is 9.67 Å². The molecule has 0 radical (unpaired) electrons. The third-order valence-corrected chi connectivity index (χ3v) is 4.44. The number of ether oxygens (including phenoxy) is 1. The Morgan fingerprint density at radius 1 is 1.21 bits per heavy atom. The lowest BCUT2D eigenvalue weighted by Gasteiger charge is -2.06. The molecular formula is C16H13N3O4S. The molecule has 1 heterocycles. The van der Waals surface area contributed by atoms with Crippen LogP contribution in [0.15, 0.2) is 48.5 Å². The summed E-state index contributed by atoms with van der Waals surface area (Å²) in [5.74, 6) is 0.406. The Balaban J connectivity index is 1.73. The van der Waals surface area contributed by atoms with Crippen LogP contribution >= 0.6 is 11.3 Å². The first-order valence-corrected chi connectivity index (χ1v) is 7.77. The van der Waals surface area contributed by atoms with E-state index < -0.39 is 4.92 Å². The van der Waals surface area contributed by atoms with Gasteiger partial charge in [0.15, 0.2) is 0 Å². The molecule has 0 aliphatic carbocycles. The molecule has 0 aliphatic rings. The average Bonchev–Trinajstić information content (AvgIpc) is 3.03. The number of methoxy groups -OCH3 is 1. The summed E-state index contributed by atoms with van der Waals surface area (Å²) in [5, 5.41) is 11.7. The summed E-state index contributed by atoms with van der Waals surface area (Å²) >= 11 is 1.35. The van der Waals surface area contributed by atoms with Crippen molar-refractivity contribution in [3.63, 3.8) is 0 Å². The van der Waals surface area contributed by atoms with Crippen molar-refractivity contribution in [3.05, 3.63) is 63.5 Å². The summed E-state index contributed by atoms with van der Waals surface area (Å²) < 4.78 is 6.13. The van der Waals surface area contributed by atoms with Gasteiger partial charge in [0, 0.05) is 16.8 Å². The Morgan fingerprint density at radius 3 is 2.79 bits per heavy atom. The Labute approximate surface area is 141 Å². The van der Waals surface area contributed by atoms with Gasteiger partial charge >= 0.3 is 0 Å². The van der Waals surface area contributed by atoms with E-state index >= 15 is 0 Å². The van der Waals surface area contributed by atoms with Crippen molar-refractivity contribution in [1.29, 1.82) is 0 Å². The van der Waals surface area contributed by atoms with Gasteiger partial charge in [-0.25, -0.2) is 0 Å². The minimum Gasteiger partial charge on any atom is -0.497 e. The summed E-state index contributed by atoms with van der Waals surface area (Å²) in [5.41, 5.74) is 5.60. The third kappa shape index (κ3) is 3.28. The highest BCUT2D eigenvalue weighted by Gasteiger charge is 2.11. The monoisotopic (exact) mass is 343 g/mol. The molecule has 0 saturated heterocycles. The van der Waals surface area contributed by atoms with E-state index in [9.17, 15) is 14.9 Å². The topological polar surface area (TPSA) is 93.5 Å². The summed E-state index contributed by atoms with van der Waals surface area (Å²) in [6, 6.07) is 13.2. The fourth-order valence-corrected chi connectivity index (χ4v) is 3.09. The number of nitro groups is 1. The number of non-ortho nitro benzene ring substituents is 1. The zero-order valence-corrected chi connectivity index (χ0v) is 13.4. The number of hydrogen-bond acceptors (Lipinski definition) is 6. The molecule has 0 bridgehead atoms. The van der Waals surface area contributed by atoms with Gasteiger partial charge in [0.05, 0.1) is 22.6 Å². The number of carbonyl (C=O) groups is 1. The van der Waals surface area contributed by atoms with Gasteiger partial charge in [-0.15, -0.1) is 11.3 Å². The number of nitrogens with one attached hydrogen (secondary N) is 2. The third-order valence-electron chi connectivity index (χ3n) is 3.32. The molecule has 1 aromatic heterocycles. The largest absolute Gasteiger partial charge is 0.497 e. The smallest absolute Gasteiger partial charge is 0.279 e. The molecular weight excluding hydrogens is 330 g/mol. The molecule has 0 spiro atoms. The van der Waals surface area contributed by atoms with Gasteiger partial charge in [-0.3, -0.25) is 25.8 Å². The van der Waals surface area contributed by atoms with Crippen LogP contribution in [0.2, 0.25) is 0 Å². The van der Waals surface area contributed by atoms with Gasteiger partial charge in [0.2, 0.25) is 0 Å². The molecule has 0 atom stereocenters. The lowest BCUT2D eigenvalue weighted by Crippen LogP contribution is -2.28. The number of fused-ring (bicyclic) bond motifs is 1. The van der Waals surface area contributed by atoms with Crippen LogP contribution in [-0.4, -0.2) is 17.9 Å². The van der Waals surface area contributed by atoms with Crippen LogP contribution in [0, 0.1) is 10.1 Å². The van der Waals surface area contributed by atoms with Gasteiger partial charge in [0.1, 0.15) is 5.75 Å². The van der Waals surface area contributed by atoms with Crippen molar-refractivity contribution in [3.8, 4) is 5.75 Å². The predicted molar refractivity (Wildman–Crippen MR) is 92.6 cm³/mol. The number of rotatable bonds is 5. The van der Waals surface area contributed by atoms with E-state index in [-0.39, 0.29) is 11.6 Å². The zero-order valence-electron chi connectivity index (χ0n) is 12.6. The number of amides is 1. The van der Waals surface area contributed by atoms with E-state index in [1.807, 2.05) is 18.2 Å². The Morgan fingerprint density at radius 2 is 2.04 bits per heavy atom. The summed E-state index contributed by atoms with van der Waals surface area (Å²) in [6.07, 6.45) is 0. The van der Waals surface area contributed by atoms with Crippen LogP contribution in [-0.2, 0) is 0 Å². The maximum atomic E-state index is 12.2. The molecule has 0 aliphatic heterocycles. The number of benzene rings is 2. The summed E-state index contributed by atoms with van der Waals surface area (Å²) in [6.45, 7) is 0. The second-order valence-electron chi connectivity index (χ2n) is 4.90. The fourth-order valence-electron chi connectivity index (χ4n) is 2.15. The molecule has 7 nitrogen and oxygen atoms in total. The van der Waals surface area contributed by atoms with Crippen LogP contribution in [0.3, 0.4) is 0 Å². The van der Waals surface area contributed by atoms with Crippen molar-refractivity contribution in [1.82, 2.24) is 5.43 Å². The van der Waals surface area contributed by atoms with Crippen LogP contribution in [0.4, 0.5) is 11.4 Å². The molecule has 0 unspecified atom stereocenters. The summed E-state index contributed by atoms with van der Waals surface area (Å²) in [4.78, 5) is 23.0. The number of thiophene rings is 1. The van der Waals surface area contributed by atoms with Crippen LogP contribution in [0.25, 0.3) is 10.1 Å². The van der Waals surface area contributed by atoms with E-state index in [1.54, 1.807) is 25.3 Å². The number of nitrogens with zero attached hydrogens (tertiary/aromatic N) is 1. The van der Waals surface area contributed by atoms with Crippen molar-refractivity contribution < 1.29 is 14.5 Å². The van der Waals surface area contributed by atoms with Crippen molar-refractivity contribution in [2.75, 3.05) is 12.5 Å². The number of nitro benzene ring substituents is 1. The highest BCUT2D eigenvalue weighted by Crippen LogP contribution is 2.29. The molecule has 2 N–H and O–H groups in total. The molecule has 3 rings (SSSR count). The highest BCUT2D eigenvalue weighted by atomic mass is 32.1. The molecule has 0 saturated carbocycles. The second-order valence-corrected chi connectivity index (χ2v) is 5.98. The predicted octanol–water partition coefficient (Wildman–Crippen LogP) is 3.58.